The molecule has 5 nitrogen and oxygen atoms in total. The van der Waals surface area contributed by atoms with Crippen LogP contribution in [0.4, 0.5) is 0 Å². The van der Waals surface area contributed by atoms with Crippen molar-refractivity contribution in [3.05, 3.63) is 64.2 Å². The summed E-state index contributed by atoms with van der Waals surface area (Å²) >= 11 is 6.78. The fraction of sp³-hybridized carbons (Fsp3) is 0.538. The Balaban J connectivity index is 1.69. The Morgan fingerprint density at radius 1 is 1.09 bits per heavy atom. The van der Waals surface area contributed by atoms with Crippen molar-refractivity contribution in [2.75, 3.05) is 26.3 Å². The topological polar surface area (TPSA) is 62.2 Å². The van der Waals surface area contributed by atoms with E-state index in [4.69, 9.17) is 21.1 Å². The van der Waals surface area contributed by atoms with Gasteiger partial charge in [-0.3, -0.25) is 4.90 Å². The summed E-state index contributed by atoms with van der Waals surface area (Å²) in [5.74, 6) is 0.869. The van der Waals surface area contributed by atoms with E-state index in [0.717, 1.165) is 35.0 Å². The van der Waals surface area contributed by atoms with E-state index in [-0.39, 0.29) is 24.9 Å². The number of halogens is 1. The SMILES string of the molecule is CCOc1ccc(C(c2cc([C@H]3CC(O)CC(CO)O3)ccc2Cl)N2CCCCC2)cc1. The number of nitrogens with zero attached hydrogens (tertiary/aromatic N) is 1. The Morgan fingerprint density at radius 3 is 2.53 bits per heavy atom. The maximum Gasteiger partial charge on any atom is 0.119 e. The summed E-state index contributed by atoms with van der Waals surface area (Å²) in [6, 6.07) is 14.4. The summed E-state index contributed by atoms with van der Waals surface area (Å²) < 4.78 is 11.7. The van der Waals surface area contributed by atoms with Gasteiger partial charge in [-0.2, -0.15) is 0 Å². The van der Waals surface area contributed by atoms with Crippen LogP contribution in [0.1, 0.15) is 67.9 Å². The summed E-state index contributed by atoms with van der Waals surface area (Å²) in [6.07, 6.45) is 3.54. The van der Waals surface area contributed by atoms with Crippen LogP contribution >= 0.6 is 11.6 Å². The first-order valence-corrected chi connectivity index (χ1v) is 12.2. The molecule has 0 aromatic heterocycles. The van der Waals surface area contributed by atoms with Gasteiger partial charge < -0.3 is 19.7 Å². The van der Waals surface area contributed by atoms with Crippen LogP contribution in [0.15, 0.2) is 42.5 Å². The number of hydrogen-bond donors (Lipinski definition) is 2. The van der Waals surface area contributed by atoms with Crippen molar-refractivity contribution in [2.45, 2.75) is 63.4 Å². The average Bonchev–Trinajstić information content (AvgIpc) is 2.82. The molecule has 32 heavy (non-hydrogen) atoms. The number of rotatable bonds is 7. The van der Waals surface area contributed by atoms with E-state index < -0.39 is 6.10 Å². The predicted octanol–water partition coefficient (Wildman–Crippen LogP) is 4.89. The molecule has 3 unspecified atom stereocenters. The lowest BCUT2D eigenvalue weighted by molar-refractivity contribution is -0.113. The van der Waals surface area contributed by atoms with Gasteiger partial charge in [-0.1, -0.05) is 36.2 Å². The second kappa shape index (κ2) is 11.0. The fourth-order valence-electron chi connectivity index (χ4n) is 4.97. The first-order valence-electron chi connectivity index (χ1n) is 11.8. The van der Waals surface area contributed by atoms with Gasteiger partial charge in [0.2, 0.25) is 0 Å². The van der Waals surface area contributed by atoms with Crippen molar-refractivity contribution < 1.29 is 19.7 Å². The van der Waals surface area contributed by atoms with E-state index in [1.54, 1.807) is 0 Å². The number of benzene rings is 2. The molecule has 0 radical (unpaired) electrons. The largest absolute Gasteiger partial charge is 0.494 e. The Kier molecular flexibility index (Phi) is 8.08. The van der Waals surface area contributed by atoms with Gasteiger partial charge in [0.05, 0.1) is 37.6 Å². The molecule has 2 aliphatic rings. The van der Waals surface area contributed by atoms with E-state index in [0.29, 0.717) is 19.4 Å². The van der Waals surface area contributed by atoms with Gasteiger partial charge in [0.25, 0.3) is 0 Å². The van der Waals surface area contributed by atoms with Gasteiger partial charge >= 0.3 is 0 Å². The lowest BCUT2D eigenvalue weighted by atomic mass is 9.90. The maximum absolute atomic E-state index is 10.3. The van der Waals surface area contributed by atoms with Crippen molar-refractivity contribution in [1.82, 2.24) is 4.90 Å². The van der Waals surface area contributed by atoms with Gasteiger partial charge in [0, 0.05) is 17.9 Å². The van der Waals surface area contributed by atoms with Crippen LogP contribution in [0, 0.1) is 0 Å². The molecule has 0 bridgehead atoms. The van der Waals surface area contributed by atoms with Crippen LogP contribution < -0.4 is 4.74 Å². The molecule has 0 saturated carbocycles. The van der Waals surface area contributed by atoms with Gasteiger partial charge in [-0.15, -0.1) is 0 Å². The van der Waals surface area contributed by atoms with Crippen molar-refractivity contribution in [1.29, 1.82) is 0 Å². The lowest BCUT2D eigenvalue weighted by Crippen LogP contribution is -2.35. The van der Waals surface area contributed by atoms with Crippen molar-refractivity contribution in [2.24, 2.45) is 0 Å². The molecular weight excluding hydrogens is 426 g/mol. The first-order chi connectivity index (χ1) is 15.6. The molecule has 0 spiro atoms. The Hall–Kier alpha value is -1.63. The molecular formula is C26H34ClNO4. The zero-order valence-corrected chi connectivity index (χ0v) is 19.5. The highest BCUT2D eigenvalue weighted by molar-refractivity contribution is 6.31. The summed E-state index contributed by atoms with van der Waals surface area (Å²) in [6.45, 7) is 4.61. The van der Waals surface area contributed by atoms with E-state index in [1.165, 1.54) is 24.8 Å². The summed E-state index contributed by atoms with van der Waals surface area (Å²) in [5.41, 5.74) is 3.24. The molecule has 0 amide bonds. The fourth-order valence-corrected chi connectivity index (χ4v) is 5.19. The Bertz CT molecular complexity index is 869. The van der Waals surface area contributed by atoms with Crippen LogP contribution in [0.5, 0.6) is 5.75 Å². The minimum atomic E-state index is -0.478. The third-order valence-corrected chi connectivity index (χ3v) is 6.87. The van der Waals surface area contributed by atoms with Gasteiger partial charge in [0.15, 0.2) is 0 Å². The Labute approximate surface area is 195 Å². The minimum absolute atomic E-state index is 0.0422. The molecule has 4 rings (SSSR count). The van der Waals surface area contributed by atoms with Crippen LogP contribution in [-0.2, 0) is 4.74 Å². The highest BCUT2D eigenvalue weighted by Gasteiger charge is 2.31. The number of aliphatic hydroxyl groups excluding tert-OH is 2. The molecule has 6 heteroatoms. The smallest absolute Gasteiger partial charge is 0.119 e. The summed E-state index contributed by atoms with van der Waals surface area (Å²) in [5, 5.41) is 20.6. The average molecular weight is 460 g/mol. The molecule has 174 valence electrons. The van der Waals surface area contributed by atoms with Crippen LogP contribution in [0.2, 0.25) is 5.02 Å². The number of likely N-dealkylation sites (tertiary alicyclic amines) is 1. The highest BCUT2D eigenvalue weighted by atomic mass is 35.5. The molecule has 2 aliphatic heterocycles. The normalized spacial score (nSPS) is 25.4. The number of aliphatic hydroxyl groups is 2. The molecule has 2 aromatic carbocycles. The number of piperidine rings is 1. The zero-order valence-electron chi connectivity index (χ0n) is 18.8. The third kappa shape index (κ3) is 5.46. The highest BCUT2D eigenvalue weighted by Crippen LogP contribution is 2.39. The third-order valence-electron chi connectivity index (χ3n) is 6.53. The standard InChI is InChI=1S/C26H34ClNO4/c1-2-31-21-9-6-18(7-10-21)26(28-12-4-3-5-13-28)23-14-19(8-11-24(23)27)25-16-20(30)15-22(17-29)32-25/h6-11,14,20,22,25-26,29-30H,2-5,12-13,15-17H2,1H3/t20?,22?,25-,26?/m1/s1. The second-order valence-electron chi connectivity index (χ2n) is 8.84. The van der Waals surface area contributed by atoms with Crippen molar-refractivity contribution in [3.8, 4) is 5.75 Å². The lowest BCUT2D eigenvalue weighted by Gasteiger charge is -2.37. The van der Waals surface area contributed by atoms with Crippen molar-refractivity contribution >= 4 is 11.6 Å². The molecule has 2 N–H and O–H groups in total. The zero-order chi connectivity index (χ0) is 22.5. The minimum Gasteiger partial charge on any atom is -0.494 e. The quantitative estimate of drug-likeness (QED) is 0.617. The molecule has 2 saturated heterocycles. The molecule has 2 aromatic rings. The van der Waals surface area contributed by atoms with E-state index in [9.17, 15) is 10.2 Å². The van der Waals surface area contributed by atoms with Crippen LogP contribution in [-0.4, -0.2) is 53.6 Å². The van der Waals surface area contributed by atoms with Gasteiger partial charge in [-0.05, 0) is 73.8 Å². The maximum atomic E-state index is 10.3. The molecule has 0 aliphatic carbocycles. The van der Waals surface area contributed by atoms with E-state index >= 15 is 0 Å². The second-order valence-corrected chi connectivity index (χ2v) is 9.24. The van der Waals surface area contributed by atoms with Crippen molar-refractivity contribution in [3.63, 3.8) is 0 Å². The van der Waals surface area contributed by atoms with E-state index in [1.807, 2.05) is 31.2 Å². The van der Waals surface area contributed by atoms with Crippen LogP contribution in [0.25, 0.3) is 0 Å². The Morgan fingerprint density at radius 2 is 1.84 bits per heavy atom. The van der Waals surface area contributed by atoms with E-state index in [2.05, 4.69) is 23.1 Å². The first kappa shape index (κ1) is 23.5. The number of hydrogen-bond acceptors (Lipinski definition) is 5. The molecule has 4 atom stereocenters. The van der Waals surface area contributed by atoms with Crippen LogP contribution in [0.3, 0.4) is 0 Å². The van der Waals surface area contributed by atoms with Gasteiger partial charge in [-0.25, -0.2) is 0 Å². The number of ether oxygens (including phenoxy) is 2. The summed E-state index contributed by atoms with van der Waals surface area (Å²) in [7, 11) is 0. The molecule has 2 fully saturated rings. The molecule has 2 heterocycles. The summed E-state index contributed by atoms with van der Waals surface area (Å²) in [4.78, 5) is 2.51. The van der Waals surface area contributed by atoms with Gasteiger partial charge in [0.1, 0.15) is 5.75 Å². The predicted molar refractivity (Wildman–Crippen MR) is 126 cm³/mol. The monoisotopic (exact) mass is 459 g/mol.